The van der Waals surface area contributed by atoms with Gasteiger partial charge in [-0.1, -0.05) is 45.4 Å². The third kappa shape index (κ3) is 6.19. The van der Waals surface area contributed by atoms with Crippen molar-refractivity contribution in [3.05, 3.63) is 29.8 Å². The maximum absolute atomic E-state index is 11.3. The SMILES string of the molecule is Cc1ccc(N(CC(=O)O)C(CC(C)C)CC(C)C)cc1. The highest BCUT2D eigenvalue weighted by Crippen LogP contribution is 2.25. The fourth-order valence-electron chi connectivity index (χ4n) is 2.75. The summed E-state index contributed by atoms with van der Waals surface area (Å²) in [6.45, 7) is 10.9. The van der Waals surface area contributed by atoms with Gasteiger partial charge in [-0.25, -0.2) is 0 Å². The number of aryl methyl sites for hydroxylation is 1. The molecule has 0 fully saturated rings. The largest absolute Gasteiger partial charge is 0.480 e. The highest BCUT2D eigenvalue weighted by Gasteiger charge is 2.23. The van der Waals surface area contributed by atoms with Gasteiger partial charge in [-0.15, -0.1) is 0 Å². The van der Waals surface area contributed by atoms with Gasteiger partial charge in [-0.05, 0) is 43.7 Å². The molecule has 0 aliphatic rings. The Hall–Kier alpha value is -1.51. The van der Waals surface area contributed by atoms with Crippen LogP contribution in [0.5, 0.6) is 0 Å². The van der Waals surface area contributed by atoms with Crippen LogP contribution in [-0.4, -0.2) is 23.7 Å². The van der Waals surface area contributed by atoms with E-state index in [1.54, 1.807) is 0 Å². The van der Waals surface area contributed by atoms with E-state index in [1.165, 1.54) is 5.56 Å². The second-order valence-electron chi connectivity index (χ2n) is 6.77. The molecule has 1 rings (SSSR count). The van der Waals surface area contributed by atoms with E-state index >= 15 is 0 Å². The van der Waals surface area contributed by atoms with E-state index in [9.17, 15) is 9.90 Å². The fraction of sp³-hybridized carbons (Fsp3) is 0.611. The van der Waals surface area contributed by atoms with Gasteiger partial charge in [-0.2, -0.15) is 0 Å². The summed E-state index contributed by atoms with van der Waals surface area (Å²) in [5.74, 6) is 0.332. The standard InChI is InChI=1S/C18H29NO2/c1-13(2)10-17(11-14(3)4)19(12-18(20)21)16-8-6-15(5)7-9-16/h6-9,13-14,17H,10-12H2,1-5H3,(H,20,21). The number of nitrogens with zero attached hydrogens (tertiary/aromatic N) is 1. The Balaban J connectivity index is 3.05. The second-order valence-corrected chi connectivity index (χ2v) is 6.77. The first-order valence-electron chi connectivity index (χ1n) is 7.84. The molecular formula is C18H29NO2. The molecule has 0 saturated carbocycles. The lowest BCUT2D eigenvalue weighted by Crippen LogP contribution is -2.41. The molecule has 0 aliphatic heterocycles. The maximum Gasteiger partial charge on any atom is 0.323 e. The molecule has 21 heavy (non-hydrogen) atoms. The van der Waals surface area contributed by atoms with Crippen LogP contribution in [0.3, 0.4) is 0 Å². The first-order valence-corrected chi connectivity index (χ1v) is 7.84. The number of carboxylic acid groups (broad SMARTS) is 1. The minimum Gasteiger partial charge on any atom is -0.480 e. The van der Waals surface area contributed by atoms with Gasteiger partial charge in [0, 0.05) is 11.7 Å². The zero-order valence-corrected chi connectivity index (χ0v) is 14.0. The number of carboxylic acids is 1. The molecule has 0 atom stereocenters. The van der Waals surface area contributed by atoms with E-state index in [-0.39, 0.29) is 12.6 Å². The lowest BCUT2D eigenvalue weighted by molar-refractivity contribution is -0.135. The van der Waals surface area contributed by atoms with Gasteiger partial charge in [0.05, 0.1) is 0 Å². The molecule has 0 amide bonds. The van der Waals surface area contributed by atoms with Crippen LogP contribution >= 0.6 is 0 Å². The summed E-state index contributed by atoms with van der Waals surface area (Å²) >= 11 is 0. The van der Waals surface area contributed by atoms with Gasteiger partial charge in [0.1, 0.15) is 6.54 Å². The third-order valence-electron chi connectivity index (χ3n) is 3.60. The smallest absolute Gasteiger partial charge is 0.323 e. The van der Waals surface area contributed by atoms with E-state index < -0.39 is 5.97 Å². The first kappa shape index (κ1) is 17.5. The molecule has 3 nitrogen and oxygen atoms in total. The quantitative estimate of drug-likeness (QED) is 0.774. The van der Waals surface area contributed by atoms with Gasteiger partial charge in [0.2, 0.25) is 0 Å². The van der Waals surface area contributed by atoms with E-state index in [1.807, 2.05) is 31.2 Å². The molecule has 0 saturated heterocycles. The molecule has 1 aromatic carbocycles. The number of carbonyl (C=O) groups is 1. The van der Waals surface area contributed by atoms with E-state index in [0.29, 0.717) is 11.8 Å². The summed E-state index contributed by atoms with van der Waals surface area (Å²) in [6.07, 6.45) is 2.03. The number of anilines is 1. The third-order valence-corrected chi connectivity index (χ3v) is 3.60. The number of aliphatic carboxylic acids is 1. The molecule has 0 radical (unpaired) electrons. The molecule has 3 heteroatoms. The highest BCUT2D eigenvalue weighted by molar-refractivity contribution is 5.74. The van der Waals surface area contributed by atoms with Crippen molar-refractivity contribution in [1.82, 2.24) is 0 Å². The van der Waals surface area contributed by atoms with Crippen molar-refractivity contribution in [3.63, 3.8) is 0 Å². The Labute approximate surface area is 129 Å². The Morgan fingerprint density at radius 3 is 1.90 bits per heavy atom. The van der Waals surface area contributed by atoms with Crippen LogP contribution in [0.15, 0.2) is 24.3 Å². The average Bonchev–Trinajstić information content (AvgIpc) is 2.35. The lowest BCUT2D eigenvalue weighted by atomic mass is 9.93. The van der Waals surface area contributed by atoms with Crippen LogP contribution in [0.1, 0.15) is 46.1 Å². The highest BCUT2D eigenvalue weighted by atomic mass is 16.4. The molecule has 1 aromatic rings. The van der Waals surface area contributed by atoms with Gasteiger partial charge >= 0.3 is 5.97 Å². The number of hydrogen-bond acceptors (Lipinski definition) is 2. The van der Waals surface area contributed by atoms with Crippen molar-refractivity contribution in [1.29, 1.82) is 0 Å². The number of hydrogen-bond donors (Lipinski definition) is 1. The summed E-state index contributed by atoms with van der Waals surface area (Å²) in [7, 11) is 0. The Bertz CT molecular complexity index is 427. The first-order chi connectivity index (χ1) is 9.79. The minimum absolute atomic E-state index is 0.0627. The van der Waals surface area contributed by atoms with Crippen LogP contribution in [0, 0.1) is 18.8 Å². The molecular weight excluding hydrogens is 262 g/mol. The van der Waals surface area contributed by atoms with Gasteiger partial charge in [-0.3, -0.25) is 4.79 Å². The van der Waals surface area contributed by atoms with E-state index in [0.717, 1.165) is 18.5 Å². The van der Waals surface area contributed by atoms with Gasteiger partial charge in [0.25, 0.3) is 0 Å². The minimum atomic E-state index is -0.770. The Morgan fingerprint density at radius 1 is 1.05 bits per heavy atom. The Kier molecular flexibility index (Phi) is 6.73. The van der Waals surface area contributed by atoms with Crippen molar-refractivity contribution in [3.8, 4) is 0 Å². The topological polar surface area (TPSA) is 40.5 Å². The average molecular weight is 291 g/mol. The zero-order valence-electron chi connectivity index (χ0n) is 14.0. The van der Waals surface area contributed by atoms with Gasteiger partial charge < -0.3 is 10.0 Å². The van der Waals surface area contributed by atoms with Crippen molar-refractivity contribution in [2.45, 2.75) is 53.5 Å². The molecule has 1 N–H and O–H groups in total. The molecule has 0 unspecified atom stereocenters. The summed E-state index contributed by atoms with van der Waals surface area (Å²) in [5, 5.41) is 9.28. The Morgan fingerprint density at radius 2 is 1.52 bits per heavy atom. The number of rotatable bonds is 8. The fourth-order valence-corrected chi connectivity index (χ4v) is 2.75. The van der Waals surface area contributed by atoms with Crippen molar-refractivity contribution in [2.75, 3.05) is 11.4 Å². The summed E-state index contributed by atoms with van der Waals surface area (Å²) in [4.78, 5) is 13.3. The summed E-state index contributed by atoms with van der Waals surface area (Å²) < 4.78 is 0. The maximum atomic E-state index is 11.3. The van der Waals surface area contributed by atoms with Crippen molar-refractivity contribution < 1.29 is 9.90 Å². The molecule has 0 aliphatic carbocycles. The molecule has 0 bridgehead atoms. The summed E-state index contributed by atoms with van der Waals surface area (Å²) in [5.41, 5.74) is 2.20. The zero-order chi connectivity index (χ0) is 16.0. The van der Waals surface area contributed by atoms with Crippen LogP contribution in [-0.2, 0) is 4.79 Å². The van der Waals surface area contributed by atoms with Crippen LogP contribution in [0.2, 0.25) is 0 Å². The molecule has 0 spiro atoms. The lowest BCUT2D eigenvalue weighted by Gasteiger charge is -2.35. The molecule has 118 valence electrons. The second kappa shape index (κ2) is 8.06. The van der Waals surface area contributed by atoms with E-state index in [2.05, 4.69) is 32.6 Å². The van der Waals surface area contributed by atoms with Crippen LogP contribution < -0.4 is 4.90 Å². The molecule has 0 heterocycles. The van der Waals surface area contributed by atoms with Crippen LogP contribution in [0.4, 0.5) is 5.69 Å². The van der Waals surface area contributed by atoms with Crippen LogP contribution in [0.25, 0.3) is 0 Å². The van der Waals surface area contributed by atoms with Gasteiger partial charge in [0.15, 0.2) is 0 Å². The monoisotopic (exact) mass is 291 g/mol. The summed E-state index contributed by atoms with van der Waals surface area (Å²) in [6, 6.07) is 8.43. The molecule has 0 aromatic heterocycles. The predicted molar refractivity (Wildman–Crippen MR) is 88.9 cm³/mol. The van der Waals surface area contributed by atoms with Crippen molar-refractivity contribution in [2.24, 2.45) is 11.8 Å². The number of benzene rings is 1. The predicted octanol–water partition coefficient (Wildman–Crippen LogP) is 4.35. The van der Waals surface area contributed by atoms with Crippen molar-refractivity contribution >= 4 is 11.7 Å². The van der Waals surface area contributed by atoms with E-state index in [4.69, 9.17) is 0 Å². The normalized spacial score (nSPS) is 11.4.